The lowest BCUT2D eigenvalue weighted by molar-refractivity contribution is 0.0790. The number of rotatable bonds is 4. The molecule has 1 aliphatic heterocycles. The molecule has 3 rings (SSSR count). The molecule has 6 nitrogen and oxygen atoms in total. The highest BCUT2D eigenvalue weighted by Gasteiger charge is 2.24. The number of halogens is 1. The smallest absolute Gasteiger partial charge is 0.253 e. The van der Waals surface area contributed by atoms with E-state index in [1.165, 1.54) is 0 Å². The van der Waals surface area contributed by atoms with Gasteiger partial charge in [0.25, 0.3) is 5.91 Å². The molecule has 0 spiro atoms. The first kappa shape index (κ1) is 16.0. The number of hydrogen-bond acceptors (Lipinski definition) is 5. The molecule has 1 amide bonds. The van der Waals surface area contributed by atoms with Gasteiger partial charge in [0.05, 0.1) is 4.47 Å². The SMILES string of the molecule is Cc1cc(COc2ccc(C(=O)N3CC[C@@H](N)C3)cc2Br)no1. The number of hydrogen-bond donors (Lipinski definition) is 1. The van der Waals surface area contributed by atoms with E-state index in [2.05, 4.69) is 21.1 Å². The lowest BCUT2D eigenvalue weighted by Gasteiger charge is -2.16. The van der Waals surface area contributed by atoms with Gasteiger partial charge in [-0.15, -0.1) is 0 Å². The van der Waals surface area contributed by atoms with Crippen LogP contribution in [0.3, 0.4) is 0 Å². The Morgan fingerprint density at radius 2 is 2.35 bits per heavy atom. The van der Waals surface area contributed by atoms with Crippen LogP contribution in [0.4, 0.5) is 0 Å². The first-order valence-corrected chi connectivity index (χ1v) is 8.21. The number of nitrogens with zero attached hydrogens (tertiary/aromatic N) is 2. The molecule has 1 aromatic carbocycles. The molecule has 1 fully saturated rings. The average molecular weight is 380 g/mol. The van der Waals surface area contributed by atoms with Crippen molar-refractivity contribution in [1.82, 2.24) is 10.1 Å². The summed E-state index contributed by atoms with van der Waals surface area (Å²) in [6, 6.07) is 7.22. The van der Waals surface area contributed by atoms with E-state index < -0.39 is 0 Å². The van der Waals surface area contributed by atoms with Crippen LogP contribution in [0.2, 0.25) is 0 Å². The van der Waals surface area contributed by atoms with Gasteiger partial charge in [0.15, 0.2) is 0 Å². The van der Waals surface area contributed by atoms with Crippen LogP contribution in [0, 0.1) is 6.92 Å². The molecular weight excluding hydrogens is 362 g/mol. The summed E-state index contributed by atoms with van der Waals surface area (Å²) in [6.07, 6.45) is 0.852. The third kappa shape index (κ3) is 3.73. The Morgan fingerprint density at radius 3 is 2.96 bits per heavy atom. The fraction of sp³-hybridized carbons (Fsp3) is 0.375. The van der Waals surface area contributed by atoms with E-state index in [4.69, 9.17) is 15.0 Å². The van der Waals surface area contributed by atoms with Crippen molar-refractivity contribution in [2.24, 2.45) is 5.73 Å². The molecule has 1 atom stereocenters. The Labute approximate surface area is 142 Å². The Morgan fingerprint density at radius 1 is 1.52 bits per heavy atom. The van der Waals surface area contributed by atoms with Crippen LogP contribution in [0.25, 0.3) is 0 Å². The molecule has 122 valence electrons. The predicted molar refractivity (Wildman–Crippen MR) is 88.2 cm³/mol. The highest BCUT2D eigenvalue weighted by Crippen LogP contribution is 2.27. The summed E-state index contributed by atoms with van der Waals surface area (Å²) in [4.78, 5) is 14.2. The molecular formula is C16H18BrN3O3. The van der Waals surface area contributed by atoms with Gasteiger partial charge in [0, 0.05) is 30.8 Å². The number of ether oxygens (including phenoxy) is 1. The molecule has 7 heteroatoms. The topological polar surface area (TPSA) is 81.6 Å². The highest BCUT2D eigenvalue weighted by molar-refractivity contribution is 9.10. The molecule has 2 N–H and O–H groups in total. The number of benzene rings is 1. The van der Waals surface area contributed by atoms with Gasteiger partial charge in [0.2, 0.25) is 0 Å². The normalized spacial score (nSPS) is 17.5. The van der Waals surface area contributed by atoms with Crippen molar-refractivity contribution in [2.75, 3.05) is 13.1 Å². The van der Waals surface area contributed by atoms with Crippen molar-refractivity contribution in [3.63, 3.8) is 0 Å². The standard InChI is InChI=1S/C16H18BrN3O3/c1-10-6-13(19-23-10)9-22-15-3-2-11(7-14(15)17)16(21)20-5-4-12(18)8-20/h2-3,6-7,12H,4-5,8-9,18H2,1H3/t12-/m1/s1. The Kier molecular flexibility index (Phi) is 4.68. The van der Waals surface area contributed by atoms with Crippen molar-refractivity contribution in [1.29, 1.82) is 0 Å². The number of likely N-dealkylation sites (tertiary alicyclic amines) is 1. The second-order valence-electron chi connectivity index (χ2n) is 5.66. The average Bonchev–Trinajstić information content (AvgIpc) is 3.14. The molecule has 1 saturated heterocycles. The van der Waals surface area contributed by atoms with Crippen LogP contribution in [0.15, 0.2) is 33.3 Å². The van der Waals surface area contributed by atoms with Crippen LogP contribution < -0.4 is 10.5 Å². The zero-order chi connectivity index (χ0) is 16.4. The molecule has 2 aromatic rings. The van der Waals surface area contributed by atoms with Gasteiger partial charge < -0.3 is 19.9 Å². The van der Waals surface area contributed by atoms with Crippen molar-refractivity contribution < 1.29 is 14.1 Å². The zero-order valence-electron chi connectivity index (χ0n) is 12.8. The lowest BCUT2D eigenvalue weighted by Crippen LogP contribution is -2.31. The van der Waals surface area contributed by atoms with Gasteiger partial charge in [-0.2, -0.15) is 0 Å². The third-order valence-corrected chi connectivity index (χ3v) is 4.36. The minimum atomic E-state index is -0.00248. The van der Waals surface area contributed by atoms with Crippen LogP contribution in [0.1, 0.15) is 28.2 Å². The summed E-state index contributed by atoms with van der Waals surface area (Å²) in [6.45, 7) is 3.46. The molecule has 2 heterocycles. The number of aryl methyl sites for hydroxylation is 1. The Balaban J connectivity index is 1.66. The number of aromatic nitrogens is 1. The molecule has 0 aliphatic carbocycles. The first-order chi connectivity index (χ1) is 11.0. The second kappa shape index (κ2) is 6.72. The summed E-state index contributed by atoms with van der Waals surface area (Å²) < 4.78 is 11.4. The zero-order valence-corrected chi connectivity index (χ0v) is 14.4. The van der Waals surface area contributed by atoms with E-state index in [9.17, 15) is 4.79 Å². The second-order valence-corrected chi connectivity index (χ2v) is 6.52. The molecule has 1 aromatic heterocycles. The minimum absolute atomic E-state index is 0.00248. The van der Waals surface area contributed by atoms with E-state index in [-0.39, 0.29) is 11.9 Å². The summed E-state index contributed by atoms with van der Waals surface area (Å²) in [5.41, 5.74) is 7.20. The first-order valence-electron chi connectivity index (χ1n) is 7.42. The minimum Gasteiger partial charge on any atom is -0.486 e. The predicted octanol–water partition coefficient (Wildman–Crippen LogP) is 2.50. The van der Waals surface area contributed by atoms with Crippen molar-refractivity contribution in [3.05, 3.63) is 45.8 Å². The van der Waals surface area contributed by atoms with Gasteiger partial charge in [-0.3, -0.25) is 4.79 Å². The molecule has 0 bridgehead atoms. The van der Waals surface area contributed by atoms with Crippen molar-refractivity contribution in [2.45, 2.75) is 26.0 Å². The van der Waals surface area contributed by atoms with Crippen LogP contribution in [-0.4, -0.2) is 35.1 Å². The maximum absolute atomic E-state index is 12.4. The van der Waals surface area contributed by atoms with E-state index in [0.29, 0.717) is 31.0 Å². The molecule has 0 saturated carbocycles. The maximum atomic E-state index is 12.4. The number of carbonyl (C=O) groups excluding carboxylic acids is 1. The van der Waals surface area contributed by atoms with Crippen molar-refractivity contribution >= 4 is 21.8 Å². The Hall–Kier alpha value is -1.86. The van der Waals surface area contributed by atoms with E-state index in [1.54, 1.807) is 23.1 Å². The molecule has 0 radical (unpaired) electrons. The van der Waals surface area contributed by atoms with Gasteiger partial charge in [-0.1, -0.05) is 5.16 Å². The molecule has 1 aliphatic rings. The third-order valence-electron chi connectivity index (χ3n) is 3.74. The quantitative estimate of drug-likeness (QED) is 0.882. The van der Waals surface area contributed by atoms with E-state index in [1.807, 2.05) is 13.0 Å². The largest absolute Gasteiger partial charge is 0.486 e. The summed E-state index contributed by atoms with van der Waals surface area (Å²) in [5.74, 6) is 1.39. The fourth-order valence-electron chi connectivity index (χ4n) is 2.54. The summed E-state index contributed by atoms with van der Waals surface area (Å²) >= 11 is 3.45. The monoisotopic (exact) mass is 379 g/mol. The van der Waals surface area contributed by atoms with Gasteiger partial charge in [-0.05, 0) is 47.5 Å². The summed E-state index contributed by atoms with van der Waals surface area (Å²) in [7, 11) is 0. The fourth-order valence-corrected chi connectivity index (χ4v) is 3.04. The lowest BCUT2D eigenvalue weighted by atomic mass is 10.2. The summed E-state index contributed by atoms with van der Waals surface area (Å²) in [5, 5.41) is 3.88. The number of nitrogens with two attached hydrogens (primary N) is 1. The molecule has 23 heavy (non-hydrogen) atoms. The number of amides is 1. The molecule has 0 unspecified atom stereocenters. The van der Waals surface area contributed by atoms with E-state index >= 15 is 0 Å². The highest BCUT2D eigenvalue weighted by atomic mass is 79.9. The van der Waals surface area contributed by atoms with Crippen molar-refractivity contribution in [3.8, 4) is 5.75 Å². The maximum Gasteiger partial charge on any atom is 0.253 e. The number of carbonyl (C=O) groups is 1. The Bertz CT molecular complexity index is 716. The van der Waals surface area contributed by atoms with Crippen LogP contribution in [0.5, 0.6) is 5.75 Å². The van der Waals surface area contributed by atoms with Crippen LogP contribution in [-0.2, 0) is 6.61 Å². The van der Waals surface area contributed by atoms with Crippen LogP contribution >= 0.6 is 15.9 Å². The van der Waals surface area contributed by atoms with E-state index in [0.717, 1.165) is 22.3 Å². The van der Waals surface area contributed by atoms with Gasteiger partial charge >= 0.3 is 0 Å². The van der Waals surface area contributed by atoms with Gasteiger partial charge in [0.1, 0.15) is 23.8 Å². The van der Waals surface area contributed by atoms with Gasteiger partial charge in [-0.25, -0.2) is 0 Å².